The van der Waals surface area contributed by atoms with Gasteiger partial charge in [0.1, 0.15) is 22.3 Å². The molecular weight excluding hydrogens is 1450 g/mol. The van der Waals surface area contributed by atoms with Crippen molar-refractivity contribution in [3.8, 4) is 122 Å². The Kier molecular flexibility index (Phi) is 17.9. The number of anilines is 6. The van der Waals surface area contributed by atoms with Crippen LogP contribution in [0.15, 0.2) is 470 Å². The van der Waals surface area contributed by atoms with Crippen LogP contribution in [-0.4, -0.2) is 0 Å². The van der Waals surface area contributed by atoms with Crippen molar-refractivity contribution in [3.05, 3.63) is 461 Å². The van der Waals surface area contributed by atoms with E-state index in [0.29, 0.717) is 0 Å². The van der Waals surface area contributed by atoms with Gasteiger partial charge in [0.2, 0.25) is 0 Å². The normalized spacial score (nSPS) is 11.5. The molecule has 0 radical (unpaired) electrons. The fourth-order valence-electron chi connectivity index (χ4n) is 18.1. The minimum Gasteiger partial charge on any atom is -0.455 e. The molecule has 0 saturated heterocycles. The Balaban J connectivity index is 0.619. The molecule has 0 aliphatic heterocycles. The molecule has 0 N–H and O–H groups in total. The molecular formula is C116H76N2O2. The molecule has 0 bridgehead atoms. The van der Waals surface area contributed by atoms with Crippen molar-refractivity contribution in [1.29, 1.82) is 0 Å². The Hall–Kier alpha value is -15.9. The number of rotatable bonds is 17. The van der Waals surface area contributed by atoms with E-state index in [1.807, 2.05) is 6.07 Å². The predicted molar refractivity (Wildman–Crippen MR) is 505 cm³/mol. The third-order valence-corrected chi connectivity index (χ3v) is 23.9. The van der Waals surface area contributed by atoms with Crippen LogP contribution in [0.5, 0.6) is 0 Å². The van der Waals surface area contributed by atoms with Crippen LogP contribution in [0.4, 0.5) is 34.1 Å². The van der Waals surface area contributed by atoms with Gasteiger partial charge in [-0.25, -0.2) is 0 Å². The highest BCUT2D eigenvalue weighted by Crippen LogP contribution is 2.50. The summed E-state index contributed by atoms with van der Waals surface area (Å²) in [6.45, 7) is 0. The van der Waals surface area contributed by atoms with Gasteiger partial charge in [-0.05, 0) is 225 Å². The largest absolute Gasteiger partial charge is 0.455 e. The van der Waals surface area contributed by atoms with Gasteiger partial charge in [0, 0.05) is 66.4 Å². The summed E-state index contributed by atoms with van der Waals surface area (Å²) in [6.07, 6.45) is 0. The number of fused-ring (bicyclic) bond motifs is 8. The van der Waals surface area contributed by atoms with Gasteiger partial charge in [-0.1, -0.05) is 358 Å². The lowest BCUT2D eigenvalue weighted by Gasteiger charge is -2.28. The zero-order chi connectivity index (χ0) is 79.4. The van der Waals surface area contributed by atoms with Crippen molar-refractivity contribution in [3.63, 3.8) is 0 Å². The van der Waals surface area contributed by atoms with E-state index in [9.17, 15) is 0 Å². The Morgan fingerprint density at radius 2 is 0.500 bits per heavy atom. The molecule has 2 aromatic heterocycles. The first kappa shape index (κ1) is 70.7. The lowest BCUT2D eigenvalue weighted by atomic mass is 9.88. The maximum Gasteiger partial charge on any atom is 0.143 e. The number of para-hydroxylation sites is 4. The van der Waals surface area contributed by atoms with Gasteiger partial charge in [0.15, 0.2) is 0 Å². The smallest absolute Gasteiger partial charge is 0.143 e. The van der Waals surface area contributed by atoms with Crippen LogP contribution in [0.2, 0.25) is 0 Å². The SMILES string of the molecule is c1ccc(-c2ccc(N(c3ccc(-c4ccc(-c5ccccc5)c(-c5cc(-c6ccc7c(-c8ccc(N(c9ccc(-c%10ccc(-c%11ccccc%11)c(-c%11cccc%12c%11oc%11ccccc%11%12)c%10)cc9)c9ccccc9-c9ccccc9)cc8)cccc7c6)cc6c5oc5ccccc56)c4)cc3)c3cccc4ccccc34)cc2-c2ccccc2)cc1. The first-order valence-corrected chi connectivity index (χ1v) is 41.1. The molecule has 120 heavy (non-hydrogen) atoms. The summed E-state index contributed by atoms with van der Waals surface area (Å²) in [4.78, 5) is 4.82. The summed E-state index contributed by atoms with van der Waals surface area (Å²) in [5, 5.41) is 9.03. The van der Waals surface area contributed by atoms with E-state index < -0.39 is 0 Å². The topological polar surface area (TPSA) is 32.8 Å². The van der Waals surface area contributed by atoms with E-state index in [2.05, 4.69) is 465 Å². The van der Waals surface area contributed by atoms with Gasteiger partial charge in [-0.15, -0.1) is 0 Å². The van der Waals surface area contributed by atoms with Crippen molar-refractivity contribution in [2.75, 3.05) is 9.80 Å². The molecule has 0 amide bonds. The maximum atomic E-state index is 7.08. The number of nitrogens with zero attached hydrogens (tertiary/aromatic N) is 2. The van der Waals surface area contributed by atoms with Crippen LogP contribution in [0.1, 0.15) is 0 Å². The van der Waals surface area contributed by atoms with E-state index >= 15 is 0 Å². The van der Waals surface area contributed by atoms with Gasteiger partial charge < -0.3 is 18.6 Å². The molecule has 4 heteroatoms. The molecule has 0 fully saturated rings. The molecule has 2 heterocycles. The monoisotopic (exact) mass is 1530 g/mol. The van der Waals surface area contributed by atoms with Crippen LogP contribution in [0, 0.1) is 0 Å². The molecule has 562 valence electrons. The third kappa shape index (κ3) is 12.9. The Morgan fingerprint density at radius 1 is 0.142 bits per heavy atom. The fourth-order valence-corrected chi connectivity index (χ4v) is 18.1. The van der Waals surface area contributed by atoms with Gasteiger partial charge >= 0.3 is 0 Å². The lowest BCUT2D eigenvalue weighted by Crippen LogP contribution is -2.11. The van der Waals surface area contributed by atoms with Gasteiger partial charge in [-0.3, -0.25) is 0 Å². The predicted octanol–water partition coefficient (Wildman–Crippen LogP) is 33.1. The van der Waals surface area contributed by atoms with Crippen LogP contribution in [0.25, 0.3) is 188 Å². The summed E-state index contributed by atoms with van der Waals surface area (Å²) in [6, 6.07) is 167. The molecule has 20 aromatic carbocycles. The van der Waals surface area contributed by atoms with Crippen molar-refractivity contribution in [2.24, 2.45) is 0 Å². The molecule has 0 spiro atoms. The Morgan fingerprint density at radius 3 is 1.10 bits per heavy atom. The average Bonchev–Trinajstić information content (AvgIpc) is 1.52. The molecule has 0 aliphatic carbocycles. The second kappa shape index (κ2) is 30.4. The molecule has 0 saturated carbocycles. The maximum absolute atomic E-state index is 7.08. The number of hydrogen-bond donors (Lipinski definition) is 0. The van der Waals surface area contributed by atoms with E-state index in [-0.39, 0.29) is 0 Å². The van der Waals surface area contributed by atoms with E-state index in [1.54, 1.807) is 0 Å². The minimum absolute atomic E-state index is 0.848. The number of hydrogen-bond acceptors (Lipinski definition) is 4. The summed E-state index contributed by atoms with van der Waals surface area (Å²) >= 11 is 0. The molecule has 22 rings (SSSR count). The van der Waals surface area contributed by atoms with Crippen LogP contribution in [-0.2, 0) is 0 Å². The minimum atomic E-state index is 0.848. The van der Waals surface area contributed by atoms with E-state index in [0.717, 1.165) is 189 Å². The fraction of sp³-hybridized carbons (Fsp3) is 0. The summed E-state index contributed by atoms with van der Waals surface area (Å²) in [5.41, 5.74) is 34.6. The van der Waals surface area contributed by atoms with E-state index in [4.69, 9.17) is 8.83 Å². The summed E-state index contributed by atoms with van der Waals surface area (Å²) in [7, 11) is 0. The summed E-state index contributed by atoms with van der Waals surface area (Å²) < 4.78 is 13.8. The van der Waals surface area contributed by atoms with Crippen LogP contribution < -0.4 is 9.80 Å². The Labute approximate surface area is 696 Å². The second-order valence-electron chi connectivity index (χ2n) is 30.9. The standard InChI is InChI=1S/C116H76N2O2/c1-6-27-79(28-7-1)96-70-66-94(76-106(96)84-35-14-5-15-36-84)118(112-48-25-38-83-37-16-17-40-101(83)112)93-62-53-78(54-63-93)88-59-68-98(81-31-10-3-11-32-81)108(73-88)110-75-90(74-109-103-43-20-23-50-114(103)120-116(109)110)86-57-69-99-89(71-86)39-24-44-95(99)85-55-64-92(65-56-85)117(111-47-21-18-41-100(111)82-33-12-4-13-34-82)91-60-51-77(52-61-91)87-58-67-97(80-29-8-2-9-30-80)107(72-87)105-46-26-45-104-102-42-19-22-49-113(102)119-115(104)105/h1-76H. The zero-order valence-corrected chi connectivity index (χ0v) is 65.6. The van der Waals surface area contributed by atoms with Crippen LogP contribution >= 0.6 is 0 Å². The highest BCUT2D eigenvalue weighted by Gasteiger charge is 2.25. The quantitative estimate of drug-likeness (QED) is 0.0910. The van der Waals surface area contributed by atoms with Gasteiger partial charge in [0.25, 0.3) is 0 Å². The average molecular weight is 1530 g/mol. The molecule has 4 nitrogen and oxygen atoms in total. The van der Waals surface area contributed by atoms with Crippen molar-refractivity contribution >= 4 is 99.5 Å². The second-order valence-corrected chi connectivity index (χ2v) is 30.9. The first-order chi connectivity index (χ1) is 59.5. The molecule has 0 atom stereocenters. The molecule has 22 aromatic rings. The van der Waals surface area contributed by atoms with Gasteiger partial charge in [0.05, 0.1) is 11.4 Å². The van der Waals surface area contributed by atoms with Crippen molar-refractivity contribution in [2.45, 2.75) is 0 Å². The third-order valence-electron chi connectivity index (χ3n) is 23.9. The van der Waals surface area contributed by atoms with Gasteiger partial charge in [-0.2, -0.15) is 0 Å². The van der Waals surface area contributed by atoms with Crippen molar-refractivity contribution < 1.29 is 8.83 Å². The molecule has 0 aliphatic rings. The number of furan rings is 2. The number of benzene rings is 20. The Bertz CT molecular complexity index is 7600. The molecule has 0 unspecified atom stereocenters. The highest BCUT2D eigenvalue weighted by atomic mass is 16.3. The van der Waals surface area contributed by atoms with Crippen LogP contribution in [0.3, 0.4) is 0 Å². The lowest BCUT2D eigenvalue weighted by molar-refractivity contribution is 0.669. The zero-order valence-electron chi connectivity index (χ0n) is 65.6. The highest BCUT2D eigenvalue weighted by molar-refractivity contribution is 6.14. The summed E-state index contributed by atoms with van der Waals surface area (Å²) in [5.74, 6) is 0. The first-order valence-electron chi connectivity index (χ1n) is 41.1. The van der Waals surface area contributed by atoms with Crippen molar-refractivity contribution in [1.82, 2.24) is 0 Å². The van der Waals surface area contributed by atoms with E-state index in [1.165, 1.54) is 32.8 Å².